The fourth-order valence-corrected chi connectivity index (χ4v) is 6.05. The lowest BCUT2D eigenvalue weighted by atomic mass is 9.68. The van der Waals surface area contributed by atoms with Crippen LogP contribution in [0.25, 0.3) is 21.8 Å². The lowest BCUT2D eigenvalue weighted by molar-refractivity contribution is -0.135. The van der Waals surface area contributed by atoms with Crippen molar-refractivity contribution >= 4 is 33.5 Å². The number of ether oxygens (including phenoxy) is 1. The summed E-state index contributed by atoms with van der Waals surface area (Å²) in [4.78, 5) is 16.5. The SMILES string of the molecule is Cc1c(C2(c3c(C)n(C)c4ccccc34)C(=O)Oc3ccc(N(C)C)cc32)c2ccccc2n1C. The van der Waals surface area contributed by atoms with Crippen molar-refractivity contribution in [1.29, 1.82) is 0 Å². The monoisotopic (exact) mass is 463 g/mol. The number of aryl methyl sites for hydroxylation is 2. The van der Waals surface area contributed by atoms with E-state index in [9.17, 15) is 4.79 Å². The van der Waals surface area contributed by atoms with E-state index in [0.29, 0.717) is 5.75 Å². The maximum atomic E-state index is 14.4. The second-order valence-electron chi connectivity index (χ2n) is 9.79. The van der Waals surface area contributed by atoms with Crippen molar-refractivity contribution in [3.63, 3.8) is 0 Å². The van der Waals surface area contributed by atoms with Crippen molar-refractivity contribution in [2.75, 3.05) is 19.0 Å². The zero-order valence-corrected chi connectivity index (χ0v) is 21.0. The molecule has 176 valence electrons. The summed E-state index contributed by atoms with van der Waals surface area (Å²) < 4.78 is 10.5. The lowest BCUT2D eigenvalue weighted by Crippen LogP contribution is -2.38. The zero-order chi connectivity index (χ0) is 24.6. The third kappa shape index (κ3) is 2.61. The fraction of sp³-hybridized carbons (Fsp3) is 0.233. The summed E-state index contributed by atoms with van der Waals surface area (Å²) >= 11 is 0. The molecule has 0 spiro atoms. The molecule has 35 heavy (non-hydrogen) atoms. The highest BCUT2D eigenvalue weighted by molar-refractivity contribution is 6.08. The predicted molar refractivity (Wildman–Crippen MR) is 142 cm³/mol. The summed E-state index contributed by atoms with van der Waals surface area (Å²) in [5.74, 6) is 0.377. The molecular weight excluding hydrogens is 434 g/mol. The van der Waals surface area contributed by atoms with Crippen molar-refractivity contribution in [1.82, 2.24) is 9.13 Å². The van der Waals surface area contributed by atoms with Gasteiger partial charge in [0.05, 0.1) is 0 Å². The van der Waals surface area contributed by atoms with Crippen LogP contribution in [0.4, 0.5) is 5.69 Å². The third-order valence-corrected chi connectivity index (χ3v) is 7.94. The molecule has 0 bridgehead atoms. The van der Waals surface area contributed by atoms with Crippen LogP contribution < -0.4 is 9.64 Å². The first-order valence-electron chi connectivity index (χ1n) is 11.9. The van der Waals surface area contributed by atoms with E-state index < -0.39 is 5.41 Å². The Morgan fingerprint density at radius 2 is 1.29 bits per heavy atom. The van der Waals surface area contributed by atoms with Gasteiger partial charge >= 0.3 is 5.97 Å². The molecular formula is C30H29N3O2. The van der Waals surface area contributed by atoms with Gasteiger partial charge in [-0.15, -0.1) is 0 Å². The quantitative estimate of drug-likeness (QED) is 0.258. The van der Waals surface area contributed by atoms with E-state index >= 15 is 0 Å². The Bertz CT molecular complexity index is 1580. The van der Waals surface area contributed by atoms with Gasteiger partial charge in [0.2, 0.25) is 0 Å². The van der Waals surface area contributed by atoms with Crippen LogP contribution in [0.3, 0.4) is 0 Å². The van der Waals surface area contributed by atoms with Gasteiger partial charge in [0.25, 0.3) is 0 Å². The summed E-state index contributed by atoms with van der Waals surface area (Å²) in [5.41, 5.74) is 7.12. The van der Waals surface area contributed by atoms with E-state index in [-0.39, 0.29) is 5.97 Å². The van der Waals surface area contributed by atoms with Gasteiger partial charge in [-0.05, 0) is 44.2 Å². The van der Waals surface area contributed by atoms with E-state index in [1.807, 2.05) is 50.5 Å². The van der Waals surface area contributed by atoms with Gasteiger partial charge in [0.15, 0.2) is 5.41 Å². The minimum Gasteiger partial charge on any atom is -0.425 e. The van der Waals surface area contributed by atoms with Gasteiger partial charge in [0.1, 0.15) is 5.75 Å². The molecule has 0 unspecified atom stereocenters. The molecule has 5 nitrogen and oxygen atoms in total. The number of aromatic nitrogens is 2. The van der Waals surface area contributed by atoms with Crippen molar-refractivity contribution in [3.05, 3.63) is 94.8 Å². The summed E-state index contributed by atoms with van der Waals surface area (Å²) in [5, 5.41) is 2.14. The number of esters is 1. The van der Waals surface area contributed by atoms with E-state index in [4.69, 9.17) is 4.74 Å². The molecule has 1 aliphatic rings. The average molecular weight is 464 g/mol. The normalized spacial score (nSPS) is 14.5. The summed E-state index contributed by atoms with van der Waals surface area (Å²) in [6.07, 6.45) is 0. The standard InChI is InChI=1S/C30H29N3O2/c1-18-27(21-11-7-9-13-24(21)32(18)5)30(28-19(2)33(6)25-14-10-8-12-22(25)28)23-17-20(31(3)4)15-16-26(23)35-29(30)34/h7-17H,1-6H3. The first kappa shape index (κ1) is 21.5. The van der Waals surface area contributed by atoms with Gasteiger partial charge in [-0.3, -0.25) is 0 Å². The molecule has 0 saturated carbocycles. The Morgan fingerprint density at radius 1 is 0.771 bits per heavy atom. The number of rotatable bonds is 3. The molecule has 0 radical (unpaired) electrons. The van der Waals surface area contributed by atoms with Crippen LogP contribution in [0.5, 0.6) is 5.75 Å². The molecule has 0 aliphatic carbocycles. The maximum absolute atomic E-state index is 14.4. The van der Waals surface area contributed by atoms with Gasteiger partial charge < -0.3 is 18.8 Å². The van der Waals surface area contributed by atoms with Crippen LogP contribution in [0.1, 0.15) is 28.1 Å². The molecule has 5 aromatic rings. The molecule has 2 aromatic heterocycles. The highest BCUT2D eigenvalue weighted by Crippen LogP contribution is 2.55. The third-order valence-electron chi connectivity index (χ3n) is 7.94. The molecule has 1 aliphatic heterocycles. The number of benzene rings is 3. The summed E-state index contributed by atoms with van der Waals surface area (Å²) in [6.45, 7) is 4.22. The van der Waals surface area contributed by atoms with Gasteiger partial charge in [-0.1, -0.05) is 36.4 Å². The van der Waals surface area contributed by atoms with Crippen molar-refractivity contribution in [3.8, 4) is 5.75 Å². The largest absolute Gasteiger partial charge is 0.425 e. The molecule has 0 fully saturated rings. The van der Waals surface area contributed by atoms with Crippen LogP contribution in [0, 0.1) is 13.8 Å². The van der Waals surface area contributed by atoms with Crippen LogP contribution in [0.15, 0.2) is 66.7 Å². The van der Waals surface area contributed by atoms with Crippen LogP contribution in [-0.4, -0.2) is 29.2 Å². The number of hydrogen-bond acceptors (Lipinski definition) is 3. The highest BCUT2D eigenvalue weighted by atomic mass is 16.5. The number of carbonyl (C=O) groups excluding carboxylic acids is 1. The number of nitrogens with zero attached hydrogens (tertiary/aromatic N) is 3. The number of para-hydroxylation sites is 2. The Balaban J connectivity index is 1.88. The predicted octanol–water partition coefficient (Wildman–Crippen LogP) is 5.61. The first-order chi connectivity index (χ1) is 16.8. The lowest BCUT2D eigenvalue weighted by Gasteiger charge is -2.29. The minimum absolute atomic E-state index is 0.248. The van der Waals surface area contributed by atoms with E-state index in [1.54, 1.807) is 0 Å². The Morgan fingerprint density at radius 3 is 1.80 bits per heavy atom. The van der Waals surface area contributed by atoms with E-state index in [1.165, 1.54) is 0 Å². The average Bonchev–Trinajstić information content (AvgIpc) is 3.39. The van der Waals surface area contributed by atoms with Crippen molar-refractivity contribution < 1.29 is 9.53 Å². The van der Waals surface area contributed by atoms with Crippen LogP contribution in [0.2, 0.25) is 0 Å². The van der Waals surface area contributed by atoms with E-state index in [0.717, 1.165) is 55.6 Å². The number of carbonyl (C=O) groups is 1. The van der Waals surface area contributed by atoms with Gasteiger partial charge in [-0.2, -0.15) is 0 Å². The topological polar surface area (TPSA) is 39.4 Å². The van der Waals surface area contributed by atoms with Crippen LogP contribution >= 0.6 is 0 Å². The number of fused-ring (bicyclic) bond motifs is 3. The van der Waals surface area contributed by atoms with Crippen LogP contribution in [-0.2, 0) is 24.3 Å². The first-order valence-corrected chi connectivity index (χ1v) is 11.9. The molecule has 3 heterocycles. The molecule has 3 aromatic carbocycles. The van der Waals surface area contributed by atoms with Gasteiger partial charge in [-0.25, -0.2) is 4.79 Å². The molecule has 0 atom stereocenters. The minimum atomic E-state index is -1.10. The summed E-state index contributed by atoms with van der Waals surface area (Å²) in [6, 6.07) is 22.8. The Labute approximate surface area is 205 Å². The molecule has 0 amide bonds. The molecule has 0 N–H and O–H groups in total. The number of hydrogen-bond donors (Lipinski definition) is 0. The maximum Gasteiger partial charge on any atom is 0.331 e. The zero-order valence-electron chi connectivity index (χ0n) is 21.0. The smallest absolute Gasteiger partial charge is 0.331 e. The van der Waals surface area contributed by atoms with Crippen molar-refractivity contribution in [2.24, 2.45) is 14.1 Å². The molecule has 5 heteroatoms. The second kappa shape index (κ2) is 7.25. The second-order valence-corrected chi connectivity index (χ2v) is 9.79. The van der Waals surface area contributed by atoms with Crippen molar-refractivity contribution in [2.45, 2.75) is 19.3 Å². The molecule has 6 rings (SSSR count). The highest BCUT2D eigenvalue weighted by Gasteiger charge is 2.56. The Kier molecular flexibility index (Phi) is 4.46. The van der Waals surface area contributed by atoms with Gasteiger partial charge in [0, 0.05) is 83.8 Å². The fourth-order valence-electron chi connectivity index (χ4n) is 6.05. The van der Waals surface area contributed by atoms with E-state index in [2.05, 4.69) is 72.3 Å². The summed E-state index contributed by atoms with van der Waals surface area (Å²) in [7, 11) is 8.19. The molecule has 0 saturated heterocycles. The number of anilines is 1. The Hall–Kier alpha value is -3.99.